The maximum Gasteiger partial charge on any atom is 0.180 e. The molecular weight excluding hydrogens is 212 g/mol. The van der Waals surface area contributed by atoms with Gasteiger partial charge in [-0.1, -0.05) is 30.3 Å². The van der Waals surface area contributed by atoms with Crippen molar-refractivity contribution < 1.29 is 13.5 Å². The van der Waals surface area contributed by atoms with Gasteiger partial charge in [-0.25, -0.2) is 8.42 Å². The molecule has 3 nitrogen and oxygen atoms in total. The Balaban J connectivity index is 2.43. The van der Waals surface area contributed by atoms with E-state index in [1.165, 1.54) is 13.0 Å². The van der Waals surface area contributed by atoms with Gasteiger partial charge in [0.1, 0.15) is 5.60 Å². The fourth-order valence-corrected chi connectivity index (χ4v) is 3.58. The second-order valence-electron chi connectivity index (χ2n) is 3.95. The van der Waals surface area contributed by atoms with Gasteiger partial charge in [0.25, 0.3) is 0 Å². The average molecular weight is 224 g/mol. The lowest BCUT2D eigenvalue weighted by Crippen LogP contribution is -2.49. The first-order valence-corrected chi connectivity index (χ1v) is 6.29. The van der Waals surface area contributed by atoms with Crippen molar-refractivity contribution in [2.24, 2.45) is 0 Å². The zero-order valence-electron chi connectivity index (χ0n) is 8.34. The number of hydrogen-bond donors (Lipinski definition) is 1. The third-order valence-corrected chi connectivity index (χ3v) is 4.60. The van der Waals surface area contributed by atoms with Gasteiger partial charge in [-0.05, 0) is 18.6 Å². The summed E-state index contributed by atoms with van der Waals surface area (Å²) in [5, 5.41) is 9.72. The largest absolute Gasteiger partial charge is 0.384 e. The molecule has 0 spiro atoms. The van der Waals surface area contributed by atoms with Crippen LogP contribution in [0.5, 0.6) is 0 Å². The van der Waals surface area contributed by atoms with E-state index in [2.05, 4.69) is 0 Å². The summed E-state index contributed by atoms with van der Waals surface area (Å²) in [6, 6.07) is 9.11. The van der Waals surface area contributed by atoms with Crippen LogP contribution in [0.1, 0.15) is 12.5 Å². The zero-order valence-corrected chi connectivity index (χ0v) is 9.16. The number of sulfone groups is 1. The van der Waals surface area contributed by atoms with Crippen molar-refractivity contribution in [3.05, 3.63) is 40.8 Å². The molecule has 2 rings (SSSR count). The van der Waals surface area contributed by atoms with Crippen LogP contribution in [0.4, 0.5) is 0 Å². The maximum atomic E-state index is 11.4. The lowest BCUT2D eigenvalue weighted by atomic mass is 10.1. The summed E-state index contributed by atoms with van der Waals surface area (Å²) in [5.74, 6) is -0.182. The number of rotatable bonds is 1. The SMILES string of the molecule is CC1(O)CS(=O)(=O)/C1=C\c1ccccc1. The third kappa shape index (κ3) is 1.82. The Bertz CT molecular complexity index is 498. The van der Waals surface area contributed by atoms with Crippen molar-refractivity contribution in [2.75, 3.05) is 5.75 Å². The molecule has 0 radical (unpaired) electrons. The second kappa shape index (κ2) is 3.18. The Kier molecular flexibility index (Phi) is 2.20. The minimum Gasteiger partial charge on any atom is -0.384 e. The highest BCUT2D eigenvalue weighted by molar-refractivity contribution is 7.97. The van der Waals surface area contributed by atoms with E-state index in [0.29, 0.717) is 0 Å². The molecule has 1 aromatic rings. The van der Waals surface area contributed by atoms with Crippen molar-refractivity contribution in [1.82, 2.24) is 0 Å². The molecule has 1 aliphatic heterocycles. The molecule has 80 valence electrons. The molecule has 1 unspecified atom stereocenters. The van der Waals surface area contributed by atoms with Crippen LogP contribution in [0, 0.1) is 0 Å². The van der Waals surface area contributed by atoms with Crippen LogP contribution in [0.2, 0.25) is 0 Å². The molecule has 1 atom stereocenters. The highest BCUT2D eigenvalue weighted by Gasteiger charge is 2.49. The highest BCUT2D eigenvalue weighted by atomic mass is 32.2. The minimum absolute atomic E-state index is 0.112. The first-order valence-electron chi connectivity index (χ1n) is 4.64. The van der Waals surface area contributed by atoms with Gasteiger partial charge < -0.3 is 5.11 Å². The van der Waals surface area contributed by atoms with Crippen LogP contribution in [-0.4, -0.2) is 24.9 Å². The maximum absolute atomic E-state index is 11.4. The molecular formula is C11H12O3S. The van der Waals surface area contributed by atoms with Gasteiger partial charge in [-0.2, -0.15) is 0 Å². The molecule has 0 aliphatic carbocycles. The van der Waals surface area contributed by atoms with E-state index in [9.17, 15) is 13.5 Å². The van der Waals surface area contributed by atoms with Crippen LogP contribution in [0.3, 0.4) is 0 Å². The van der Waals surface area contributed by atoms with Crippen molar-refractivity contribution >= 4 is 15.9 Å². The molecule has 4 heteroatoms. The zero-order chi connectivity index (χ0) is 11.1. The lowest BCUT2D eigenvalue weighted by molar-refractivity contribution is 0.119. The van der Waals surface area contributed by atoms with Crippen LogP contribution in [-0.2, 0) is 9.84 Å². The molecule has 1 N–H and O–H groups in total. The first-order chi connectivity index (χ1) is 6.92. The lowest BCUT2D eigenvalue weighted by Gasteiger charge is -2.35. The van der Waals surface area contributed by atoms with Gasteiger partial charge in [-0.3, -0.25) is 0 Å². The summed E-state index contributed by atoms with van der Waals surface area (Å²) in [6.07, 6.45) is 1.53. The Morgan fingerprint density at radius 3 is 2.40 bits per heavy atom. The summed E-state index contributed by atoms with van der Waals surface area (Å²) in [4.78, 5) is 0.112. The van der Waals surface area contributed by atoms with Crippen LogP contribution in [0.15, 0.2) is 35.2 Å². The summed E-state index contributed by atoms with van der Waals surface area (Å²) < 4.78 is 22.8. The van der Waals surface area contributed by atoms with Gasteiger partial charge in [0.05, 0.1) is 10.7 Å². The Morgan fingerprint density at radius 2 is 1.93 bits per heavy atom. The predicted molar refractivity (Wildman–Crippen MR) is 58.8 cm³/mol. The predicted octanol–water partition coefficient (Wildman–Crippen LogP) is 1.21. The fraction of sp³-hybridized carbons (Fsp3) is 0.273. The molecule has 15 heavy (non-hydrogen) atoms. The molecule has 0 bridgehead atoms. The van der Waals surface area contributed by atoms with Crippen molar-refractivity contribution in [3.63, 3.8) is 0 Å². The quantitative estimate of drug-likeness (QED) is 0.780. The number of benzene rings is 1. The van der Waals surface area contributed by atoms with Gasteiger partial charge in [0.15, 0.2) is 9.84 Å². The molecule has 0 amide bonds. The van der Waals surface area contributed by atoms with Gasteiger partial charge in [0.2, 0.25) is 0 Å². The number of aliphatic hydroxyl groups is 1. The number of hydrogen-bond acceptors (Lipinski definition) is 3. The van der Waals surface area contributed by atoms with Gasteiger partial charge in [0, 0.05) is 0 Å². The van der Waals surface area contributed by atoms with Gasteiger partial charge >= 0.3 is 0 Å². The van der Waals surface area contributed by atoms with Crippen molar-refractivity contribution in [3.8, 4) is 0 Å². The summed E-state index contributed by atoms with van der Waals surface area (Å²) in [5.41, 5.74) is -0.412. The molecule has 1 saturated heterocycles. The van der Waals surface area contributed by atoms with E-state index >= 15 is 0 Å². The average Bonchev–Trinajstić information content (AvgIpc) is 2.14. The van der Waals surface area contributed by atoms with Crippen LogP contribution >= 0.6 is 0 Å². The van der Waals surface area contributed by atoms with E-state index in [1.807, 2.05) is 18.2 Å². The molecule has 1 heterocycles. The highest BCUT2D eigenvalue weighted by Crippen LogP contribution is 2.37. The van der Waals surface area contributed by atoms with E-state index in [-0.39, 0.29) is 10.7 Å². The first kappa shape index (κ1) is 10.4. The van der Waals surface area contributed by atoms with Crippen molar-refractivity contribution in [2.45, 2.75) is 12.5 Å². The minimum atomic E-state index is -3.22. The summed E-state index contributed by atoms with van der Waals surface area (Å²) in [6.45, 7) is 1.52. The summed E-state index contributed by atoms with van der Waals surface area (Å²) in [7, 11) is -3.22. The van der Waals surface area contributed by atoms with Gasteiger partial charge in [-0.15, -0.1) is 0 Å². The smallest absolute Gasteiger partial charge is 0.180 e. The molecule has 1 aromatic carbocycles. The van der Waals surface area contributed by atoms with E-state index in [0.717, 1.165) is 5.56 Å². The molecule has 1 fully saturated rings. The van der Waals surface area contributed by atoms with E-state index in [4.69, 9.17) is 0 Å². The Hall–Kier alpha value is -1.13. The Labute approximate surface area is 89.0 Å². The monoisotopic (exact) mass is 224 g/mol. The van der Waals surface area contributed by atoms with Crippen LogP contribution < -0.4 is 0 Å². The normalized spacial score (nSPS) is 31.2. The third-order valence-electron chi connectivity index (χ3n) is 2.43. The Morgan fingerprint density at radius 1 is 1.33 bits per heavy atom. The van der Waals surface area contributed by atoms with E-state index in [1.54, 1.807) is 12.1 Å². The molecule has 1 aliphatic rings. The van der Waals surface area contributed by atoms with Crippen molar-refractivity contribution in [1.29, 1.82) is 0 Å². The topological polar surface area (TPSA) is 54.4 Å². The standard InChI is InChI=1S/C11H12O3S/c1-11(12)8-15(13,14)10(11)7-9-5-3-2-4-6-9/h2-7,12H,8H2,1H3/b10-7-. The second-order valence-corrected chi connectivity index (χ2v) is 5.91. The van der Waals surface area contributed by atoms with Crippen LogP contribution in [0.25, 0.3) is 6.08 Å². The summed E-state index contributed by atoms with van der Waals surface area (Å²) >= 11 is 0. The molecule has 0 saturated carbocycles. The molecule has 0 aromatic heterocycles. The fourth-order valence-electron chi connectivity index (χ4n) is 1.72. The van der Waals surface area contributed by atoms with E-state index < -0.39 is 15.4 Å².